The van der Waals surface area contributed by atoms with Gasteiger partial charge in [-0.05, 0) is 26.3 Å². The highest BCUT2D eigenvalue weighted by molar-refractivity contribution is 7.89. The van der Waals surface area contributed by atoms with Crippen LogP contribution in [0.5, 0.6) is 0 Å². The minimum absolute atomic E-state index is 0.0752. The summed E-state index contributed by atoms with van der Waals surface area (Å²) in [5.74, 6) is -0.649. The SMILES string of the molecule is CCOC(=O)c1c(-c2ccc(C)cc2)csc1NC(=O)CN1CCN(S(=O)(=O)CC)CC1. The first-order valence-corrected chi connectivity index (χ1v) is 13.1. The molecule has 32 heavy (non-hydrogen) atoms. The number of amides is 1. The molecule has 0 bridgehead atoms. The largest absolute Gasteiger partial charge is 0.462 e. The number of carbonyl (C=O) groups excluding carboxylic acids is 2. The van der Waals surface area contributed by atoms with Gasteiger partial charge < -0.3 is 10.1 Å². The predicted molar refractivity (Wildman–Crippen MR) is 127 cm³/mol. The standard InChI is InChI=1S/C22H29N3O5S2/c1-4-30-22(27)20-18(17-8-6-16(3)7-9-17)15-31-21(20)23-19(26)14-24-10-12-25(13-11-24)32(28,29)5-2/h6-9,15H,4-5,10-14H2,1-3H3,(H,23,26). The number of hydrogen-bond donors (Lipinski definition) is 1. The second-order valence-electron chi connectivity index (χ2n) is 7.56. The Kier molecular flexibility index (Phi) is 8.05. The zero-order valence-electron chi connectivity index (χ0n) is 18.6. The maximum Gasteiger partial charge on any atom is 0.341 e. The van der Waals surface area contributed by atoms with Crippen molar-refractivity contribution in [1.82, 2.24) is 9.21 Å². The molecule has 1 fully saturated rings. The number of carbonyl (C=O) groups is 2. The first kappa shape index (κ1) is 24.4. The molecule has 3 rings (SSSR count). The van der Waals surface area contributed by atoms with Crippen molar-refractivity contribution in [2.75, 3.05) is 50.4 Å². The van der Waals surface area contributed by atoms with Crippen LogP contribution in [0.25, 0.3) is 11.1 Å². The van der Waals surface area contributed by atoms with Crippen molar-refractivity contribution in [3.05, 3.63) is 40.8 Å². The van der Waals surface area contributed by atoms with Gasteiger partial charge in [0, 0.05) is 37.1 Å². The van der Waals surface area contributed by atoms with Gasteiger partial charge in [0.1, 0.15) is 10.6 Å². The Labute approximate surface area is 193 Å². The molecule has 2 aromatic rings. The normalized spacial score (nSPS) is 15.5. The van der Waals surface area contributed by atoms with Crippen molar-refractivity contribution < 1.29 is 22.7 Å². The number of piperazine rings is 1. The van der Waals surface area contributed by atoms with Crippen LogP contribution in [-0.4, -0.2) is 74.6 Å². The number of rotatable bonds is 8. The quantitative estimate of drug-likeness (QED) is 0.585. The van der Waals surface area contributed by atoms with E-state index in [4.69, 9.17) is 4.74 Å². The fourth-order valence-corrected chi connectivity index (χ4v) is 5.58. The van der Waals surface area contributed by atoms with E-state index in [0.717, 1.165) is 16.7 Å². The fraction of sp³-hybridized carbons (Fsp3) is 0.455. The number of benzene rings is 1. The van der Waals surface area contributed by atoms with E-state index in [1.807, 2.05) is 41.5 Å². The molecule has 2 heterocycles. The molecule has 0 spiro atoms. The van der Waals surface area contributed by atoms with E-state index in [9.17, 15) is 18.0 Å². The summed E-state index contributed by atoms with van der Waals surface area (Å²) in [7, 11) is -3.21. The summed E-state index contributed by atoms with van der Waals surface area (Å²) in [4.78, 5) is 27.3. The Morgan fingerprint density at radius 2 is 1.75 bits per heavy atom. The van der Waals surface area contributed by atoms with Gasteiger partial charge in [0.25, 0.3) is 0 Å². The third-order valence-electron chi connectivity index (χ3n) is 5.34. The third-order valence-corrected chi connectivity index (χ3v) is 8.12. The maximum atomic E-state index is 12.7. The van der Waals surface area contributed by atoms with Crippen LogP contribution in [-0.2, 0) is 19.6 Å². The van der Waals surface area contributed by atoms with E-state index < -0.39 is 16.0 Å². The highest BCUT2D eigenvalue weighted by atomic mass is 32.2. The summed E-state index contributed by atoms with van der Waals surface area (Å²) >= 11 is 1.29. The van der Waals surface area contributed by atoms with Crippen molar-refractivity contribution in [1.29, 1.82) is 0 Å². The monoisotopic (exact) mass is 479 g/mol. The number of esters is 1. The lowest BCUT2D eigenvalue weighted by Gasteiger charge is -2.33. The van der Waals surface area contributed by atoms with Crippen LogP contribution in [0, 0.1) is 6.92 Å². The highest BCUT2D eigenvalue weighted by Gasteiger charge is 2.27. The lowest BCUT2D eigenvalue weighted by atomic mass is 10.0. The summed E-state index contributed by atoms with van der Waals surface area (Å²) in [6, 6.07) is 7.82. The third kappa shape index (κ3) is 5.74. The van der Waals surface area contributed by atoms with E-state index in [0.29, 0.717) is 36.7 Å². The van der Waals surface area contributed by atoms with Crippen LogP contribution < -0.4 is 5.32 Å². The highest BCUT2D eigenvalue weighted by Crippen LogP contribution is 2.36. The fourth-order valence-electron chi connectivity index (χ4n) is 3.52. The summed E-state index contributed by atoms with van der Waals surface area (Å²) in [6.45, 7) is 7.43. The number of anilines is 1. The molecule has 174 valence electrons. The van der Waals surface area contributed by atoms with Crippen molar-refractivity contribution in [3.8, 4) is 11.1 Å². The van der Waals surface area contributed by atoms with Crippen LogP contribution in [0.4, 0.5) is 5.00 Å². The van der Waals surface area contributed by atoms with Gasteiger partial charge in [0.2, 0.25) is 15.9 Å². The van der Waals surface area contributed by atoms with Crippen molar-refractivity contribution in [2.24, 2.45) is 0 Å². The van der Waals surface area contributed by atoms with Gasteiger partial charge in [0.15, 0.2) is 0 Å². The molecule has 1 aromatic carbocycles. The van der Waals surface area contributed by atoms with E-state index in [2.05, 4.69) is 5.32 Å². The average Bonchev–Trinajstić information content (AvgIpc) is 3.18. The Balaban J connectivity index is 1.71. The maximum absolute atomic E-state index is 12.7. The molecule has 1 amide bonds. The molecule has 0 unspecified atom stereocenters. The molecule has 0 radical (unpaired) electrons. The zero-order chi connectivity index (χ0) is 23.3. The van der Waals surface area contributed by atoms with Crippen molar-refractivity contribution >= 4 is 38.2 Å². The van der Waals surface area contributed by atoms with Crippen molar-refractivity contribution in [3.63, 3.8) is 0 Å². The second-order valence-corrected chi connectivity index (χ2v) is 10.7. The topological polar surface area (TPSA) is 96.0 Å². The summed E-state index contributed by atoms with van der Waals surface area (Å²) < 4.78 is 30.7. The molecule has 1 saturated heterocycles. The average molecular weight is 480 g/mol. The Bertz CT molecular complexity index is 1060. The molecule has 8 nitrogen and oxygen atoms in total. The summed E-state index contributed by atoms with van der Waals surface area (Å²) in [5, 5.41) is 5.16. The number of aryl methyl sites for hydroxylation is 1. The molecule has 1 aliphatic heterocycles. The van der Waals surface area contributed by atoms with E-state index in [-0.39, 0.29) is 24.8 Å². The minimum atomic E-state index is -3.21. The molecule has 10 heteroatoms. The number of sulfonamides is 1. The lowest BCUT2D eigenvalue weighted by Crippen LogP contribution is -2.50. The van der Waals surface area contributed by atoms with E-state index >= 15 is 0 Å². The summed E-state index contributed by atoms with van der Waals surface area (Å²) in [5.41, 5.74) is 3.07. The molecule has 0 atom stereocenters. The van der Waals surface area contributed by atoms with Crippen molar-refractivity contribution in [2.45, 2.75) is 20.8 Å². The van der Waals surface area contributed by atoms with Gasteiger partial charge in [-0.2, -0.15) is 4.31 Å². The van der Waals surface area contributed by atoms with E-state index in [1.54, 1.807) is 13.8 Å². The Morgan fingerprint density at radius 1 is 1.09 bits per heavy atom. The second kappa shape index (κ2) is 10.6. The van der Waals surface area contributed by atoms with E-state index in [1.165, 1.54) is 15.6 Å². The summed E-state index contributed by atoms with van der Waals surface area (Å²) in [6.07, 6.45) is 0. The molecular weight excluding hydrogens is 450 g/mol. The molecule has 0 aliphatic carbocycles. The first-order valence-electron chi connectivity index (χ1n) is 10.6. The Morgan fingerprint density at radius 3 is 2.34 bits per heavy atom. The zero-order valence-corrected chi connectivity index (χ0v) is 20.2. The van der Waals surface area contributed by atoms with Gasteiger partial charge in [-0.25, -0.2) is 13.2 Å². The van der Waals surface area contributed by atoms with Gasteiger partial charge in [-0.3, -0.25) is 9.69 Å². The number of ether oxygens (including phenoxy) is 1. The molecule has 1 N–H and O–H groups in total. The first-order chi connectivity index (χ1) is 15.2. The van der Waals surface area contributed by atoms with Crippen LogP contribution in [0.15, 0.2) is 29.6 Å². The van der Waals surface area contributed by atoms with Crippen LogP contribution in [0.2, 0.25) is 0 Å². The molecule has 1 aromatic heterocycles. The lowest BCUT2D eigenvalue weighted by molar-refractivity contribution is -0.117. The number of nitrogens with one attached hydrogen (secondary N) is 1. The smallest absolute Gasteiger partial charge is 0.341 e. The number of thiophene rings is 1. The molecule has 0 saturated carbocycles. The number of hydrogen-bond acceptors (Lipinski definition) is 7. The van der Waals surface area contributed by atoms with Crippen LogP contribution in [0.3, 0.4) is 0 Å². The number of nitrogens with zero attached hydrogens (tertiary/aromatic N) is 2. The van der Waals surface area contributed by atoms with Crippen LogP contribution in [0.1, 0.15) is 29.8 Å². The van der Waals surface area contributed by atoms with Gasteiger partial charge in [0.05, 0.1) is 18.9 Å². The predicted octanol–water partition coefficient (Wildman–Crippen LogP) is 2.81. The minimum Gasteiger partial charge on any atom is -0.462 e. The Hall–Kier alpha value is -2.27. The van der Waals surface area contributed by atoms with Gasteiger partial charge in [-0.1, -0.05) is 29.8 Å². The van der Waals surface area contributed by atoms with Gasteiger partial charge >= 0.3 is 5.97 Å². The molecular formula is C22H29N3O5S2. The molecule has 1 aliphatic rings. The van der Waals surface area contributed by atoms with Crippen LogP contribution >= 0.6 is 11.3 Å². The van der Waals surface area contributed by atoms with Gasteiger partial charge in [-0.15, -0.1) is 11.3 Å².